The van der Waals surface area contributed by atoms with Gasteiger partial charge in [0.05, 0.1) is 18.0 Å². The number of methoxy groups -OCH3 is 1. The molecule has 0 fully saturated rings. The molecular weight excluding hydrogens is 286 g/mol. The molecule has 2 aromatic rings. The first-order chi connectivity index (χ1) is 10.1. The number of benzene rings is 1. The average molecular weight is 305 g/mol. The molecule has 112 valence electrons. The van der Waals surface area contributed by atoms with Crippen LogP contribution in [0.15, 0.2) is 24.3 Å². The molecular formula is C14H19N5OS. The Balaban J connectivity index is 2.27. The van der Waals surface area contributed by atoms with Crippen LogP contribution in [0.1, 0.15) is 24.9 Å². The summed E-state index contributed by atoms with van der Waals surface area (Å²) in [5.74, 6) is 3.01. The third-order valence-corrected chi connectivity index (χ3v) is 3.85. The van der Waals surface area contributed by atoms with Gasteiger partial charge in [-0.2, -0.15) is 26.7 Å². The van der Waals surface area contributed by atoms with Crippen molar-refractivity contribution in [3.8, 4) is 5.75 Å². The Morgan fingerprint density at radius 2 is 2.05 bits per heavy atom. The Hall–Kier alpha value is -2.02. The topological polar surface area (TPSA) is 86.0 Å². The number of nitrogens with zero attached hydrogens (tertiary/aromatic N) is 3. The highest BCUT2D eigenvalue weighted by atomic mass is 32.2. The summed E-state index contributed by atoms with van der Waals surface area (Å²) in [5.41, 5.74) is 6.56. The summed E-state index contributed by atoms with van der Waals surface area (Å²) in [6.45, 7) is 4.15. The van der Waals surface area contributed by atoms with E-state index in [-0.39, 0.29) is 11.2 Å². The second-order valence-electron chi connectivity index (χ2n) is 4.30. The average Bonchev–Trinajstić information content (AvgIpc) is 2.47. The zero-order chi connectivity index (χ0) is 15.2. The first-order valence-corrected chi connectivity index (χ1v) is 7.72. The Bertz CT molecular complexity index is 608. The largest absolute Gasteiger partial charge is 0.495 e. The van der Waals surface area contributed by atoms with Crippen molar-refractivity contribution in [2.45, 2.75) is 19.1 Å². The van der Waals surface area contributed by atoms with E-state index in [1.165, 1.54) is 0 Å². The minimum atomic E-state index is 0.165. The Morgan fingerprint density at radius 3 is 2.76 bits per heavy atom. The number of aromatic nitrogens is 3. The zero-order valence-electron chi connectivity index (χ0n) is 12.3. The van der Waals surface area contributed by atoms with Crippen LogP contribution in [-0.2, 0) is 0 Å². The molecule has 1 aromatic carbocycles. The van der Waals surface area contributed by atoms with Gasteiger partial charge in [-0.15, -0.1) is 0 Å². The van der Waals surface area contributed by atoms with Crippen molar-refractivity contribution in [2.75, 3.05) is 23.9 Å². The highest BCUT2D eigenvalue weighted by Crippen LogP contribution is 2.28. The minimum Gasteiger partial charge on any atom is -0.495 e. The summed E-state index contributed by atoms with van der Waals surface area (Å²) in [5, 5.41) is 3.29. The van der Waals surface area contributed by atoms with Crippen LogP contribution in [0.2, 0.25) is 0 Å². The lowest BCUT2D eigenvalue weighted by Crippen LogP contribution is -2.08. The molecule has 0 radical (unpaired) electrons. The molecule has 0 saturated heterocycles. The van der Waals surface area contributed by atoms with E-state index < -0.39 is 0 Å². The summed E-state index contributed by atoms with van der Waals surface area (Å²) in [4.78, 5) is 12.8. The zero-order valence-corrected chi connectivity index (χ0v) is 13.1. The minimum absolute atomic E-state index is 0.165. The first-order valence-electron chi connectivity index (χ1n) is 6.67. The number of nitrogens with one attached hydrogen (secondary N) is 1. The third-order valence-electron chi connectivity index (χ3n) is 2.80. The second kappa shape index (κ2) is 7.12. The van der Waals surface area contributed by atoms with Crippen LogP contribution in [0.5, 0.6) is 5.75 Å². The molecule has 0 saturated carbocycles. The fourth-order valence-corrected chi connectivity index (χ4v) is 2.59. The van der Waals surface area contributed by atoms with Gasteiger partial charge in [-0.25, -0.2) is 0 Å². The first kappa shape index (κ1) is 15.4. The Labute approximate surface area is 128 Å². The number of rotatable bonds is 6. The van der Waals surface area contributed by atoms with Crippen molar-refractivity contribution in [3.05, 3.63) is 30.1 Å². The van der Waals surface area contributed by atoms with E-state index in [4.69, 9.17) is 10.5 Å². The van der Waals surface area contributed by atoms with Crippen molar-refractivity contribution in [3.63, 3.8) is 0 Å². The van der Waals surface area contributed by atoms with Gasteiger partial charge in [0.1, 0.15) is 11.6 Å². The van der Waals surface area contributed by atoms with E-state index in [1.54, 1.807) is 18.9 Å². The second-order valence-corrected chi connectivity index (χ2v) is 5.92. The van der Waals surface area contributed by atoms with E-state index in [9.17, 15) is 0 Å². The summed E-state index contributed by atoms with van der Waals surface area (Å²) in [7, 11) is 1.62. The smallest absolute Gasteiger partial charge is 0.232 e. The Morgan fingerprint density at radius 1 is 1.29 bits per heavy atom. The number of ether oxygens (including phenoxy) is 1. The molecule has 0 unspecified atom stereocenters. The van der Waals surface area contributed by atoms with E-state index in [2.05, 4.69) is 34.1 Å². The maximum absolute atomic E-state index is 5.77. The van der Waals surface area contributed by atoms with Crippen LogP contribution < -0.4 is 15.8 Å². The van der Waals surface area contributed by atoms with Gasteiger partial charge in [0, 0.05) is 0 Å². The number of hydrogen-bond donors (Lipinski definition) is 2. The number of nitrogens with two attached hydrogens (primary N) is 1. The standard InChI is InChI=1S/C14H19N5OS/c1-4-21-9(2)12-17-13(15)19-14(18-12)16-10-7-5-6-8-11(10)20-3/h5-9H,4H2,1-3H3,(H3,15,16,17,18,19)/t9-/m1/s1. The van der Waals surface area contributed by atoms with Gasteiger partial charge in [0.25, 0.3) is 0 Å². The van der Waals surface area contributed by atoms with Gasteiger partial charge in [-0.3, -0.25) is 0 Å². The molecule has 2 rings (SSSR count). The van der Waals surface area contributed by atoms with Gasteiger partial charge in [0.2, 0.25) is 11.9 Å². The van der Waals surface area contributed by atoms with Crippen molar-refractivity contribution < 1.29 is 4.74 Å². The van der Waals surface area contributed by atoms with Crippen molar-refractivity contribution in [1.82, 2.24) is 15.0 Å². The van der Waals surface area contributed by atoms with Crippen LogP contribution in [0.4, 0.5) is 17.6 Å². The highest BCUT2D eigenvalue weighted by molar-refractivity contribution is 7.99. The van der Waals surface area contributed by atoms with Gasteiger partial charge in [-0.05, 0) is 24.8 Å². The number of hydrogen-bond acceptors (Lipinski definition) is 7. The molecule has 0 spiro atoms. The van der Waals surface area contributed by atoms with Crippen molar-refractivity contribution in [1.29, 1.82) is 0 Å². The van der Waals surface area contributed by atoms with Crippen LogP contribution >= 0.6 is 11.8 Å². The van der Waals surface area contributed by atoms with E-state index in [1.807, 2.05) is 24.3 Å². The number of anilines is 3. The van der Waals surface area contributed by atoms with Crippen LogP contribution in [-0.4, -0.2) is 27.8 Å². The normalized spacial score (nSPS) is 12.0. The SMILES string of the molecule is CCS[C@H](C)c1nc(N)nc(Nc2ccccc2OC)n1. The molecule has 0 amide bonds. The molecule has 7 heteroatoms. The molecule has 21 heavy (non-hydrogen) atoms. The van der Waals surface area contributed by atoms with Crippen molar-refractivity contribution in [2.24, 2.45) is 0 Å². The maximum Gasteiger partial charge on any atom is 0.232 e. The molecule has 0 aliphatic rings. The van der Waals surface area contributed by atoms with E-state index in [0.29, 0.717) is 17.5 Å². The molecule has 0 aliphatic heterocycles. The highest BCUT2D eigenvalue weighted by Gasteiger charge is 2.13. The summed E-state index contributed by atoms with van der Waals surface area (Å²) < 4.78 is 5.29. The summed E-state index contributed by atoms with van der Waals surface area (Å²) in [6, 6.07) is 7.56. The molecule has 6 nitrogen and oxygen atoms in total. The summed E-state index contributed by atoms with van der Waals surface area (Å²) in [6.07, 6.45) is 0. The maximum atomic E-state index is 5.77. The van der Waals surface area contributed by atoms with Crippen LogP contribution in [0.3, 0.4) is 0 Å². The number of para-hydroxylation sites is 2. The molecule has 1 atom stereocenters. The monoisotopic (exact) mass is 305 g/mol. The van der Waals surface area contributed by atoms with Gasteiger partial charge >= 0.3 is 0 Å². The predicted octanol–water partition coefficient (Wildman–Crippen LogP) is 3.02. The number of nitrogen functional groups attached to an aromatic ring is 1. The lowest BCUT2D eigenvalue weighted by molar-refractivity contribution is 0.417. The lowest BCUT2D eigenvalue weighted by atomic mass is 10.3. The molecule has 3 N–H and O–H groups in total. The number of thioether (sulfide) groups is 1. The van der Waals surface area contributed by atoms with E-state index >= 15 is 0 Å². The van der Waals surface area contributed by atoms with Gasteiger partial charge < -0.3 is 15.8 Å². The Kier molecular flexibility index (Phi) is 5.21. The van der Waals surface area contributed by atoms with Gasteiger partial charge in [-0.1, -0.05) is 19.1 Å². The third kappa shape index (κ3) is 3.98. The summed E-state index contributed by atoms with van der Waals surface area (Å²) >= 11 is 1.75. The quantitative estimate of drug-likeness (QED) is 0.848. The van der Waals surface area contributed by atoms with Crippen LogP contribution in [0, 0.1) is 0 Å². The molecule has 0 bridgehead atoms. The lowest BCUT2D eigenvalue weighted by Gasteiger charge is -2.12. The van der Waals surface area contributed by atoms with E-state index in [0.717, 1.165) is 11.4 Å². The predicted molar refractivity (Wildman–Crippen MR) is 87.1 cm³/mol. The molecule has 1 heterocycles. The molecule has 0 aliphatic carbocycles. The van der Waals surface area contributed by atoms with Crippen LogP contribution in [0.25, 0.3) is 0 Å². The molecule has 1 aromatic heterocycles. The van der Waals surface area contributed by atoms with Crippen molar-refractivity contribution >= 4 is 29.3 Å². The fourth-order valence-electron chi connectivity index (χ4n) is 1.84. The van der Waals surface area contributed by atoms with Gasteiger partial charge in [0.15, 0.2) is 0 Å². The fraction of sp³-hybridized carbons (Fsp3) is 0.357.